The second kappa shape index (κ2) is 45.9. The summed E-state index contributed by atoms with van der Waals surface area (Å²) in [6, 6.07) is 0. The smallest absolute Gasteiger partial charge is 0.306 e. The van der Waals surface area contributed by atoms with Crippen LogP contribution < -0.4 is 0 Å². The monoisotopic (exact) mass is 835 g/mol. The van der Waals surface area contributed by atoms with Gasteiger partial charge in [0.1, 0.15) is 13.2 Å². The minimum Gasteiger partial charge on any atom is -0.462 e. The van der Waals surface area contributed by atoms with Crippen LogP contribution in [0.1, 0.15) is 291 Å². The van der Waals surface area contributed by atoms with E-state index in [1.807, 2.05) is 0 Å². The fraction of sp³-hybridized carbons (Fsp3) is 0.943. The molecular weight excluding hydrogens is 733 g/mol. The summed E-state index contributed by atoms with van der Waals surface area (Å²) in [5, 5.41) is 0. The van der Waals surface area contributed by atoms with Gasteiger partial charge in [0.2, 0.25) is 0 Å². The highest BCUT2D eigenvalue weighted by Gasteiger charge is 2.19. The Morgan fingerprint density at radius 3 is 0.831 bits per heavy atom. The molecule has 0 aromatic carbocycles. The summed E-state index contributed by atoms with van der Waals surface area (Å²) < 4.78 is 16.8. The molecule has 0 unspecified atom stereocenters. The molecule has 0 aromatic rings. The van der Waals surface area contributed by atoms with Gasteiger partial charge < -0.3 is 14.2 Å². The first kappa shape index (κ1) is 57.4. The maximum absolute atomic E-state index is 12.7. The summed E-state index contributed by atoms with van der Waals surface area (Å²) in [5.41, 5.74) is 0. The van der Waals surface area contributed by atoms with Gasteiger partial charge in [0, 0.05) is 19.3 Å². The molecule has 0 fully saturated rings. The third-order valence-electron chi connectivity index (χ3n) is 12.0. The van der Waals surface area contributed by atoms with Gasteiger partial charge in [-0.05, 0) is 31.1 Å². The van der Waals surface area contributed by atoms with Crippen molar-refractivity contribution in [2.45, 2.75) is 298 Å². The molecule has 0 aliphatic carbocycles. The highest BCUT2D eigenvalue weighted by molar-refractivity contribution is 5.71. The summed E-state index contributed by atoms with van der Waals surface area (Å²) in [6.07, 6.45) is 46.8. The van der Waals surface area contributed by atoms with Crippen molar-refractivity contribution in [3.63, 3.8) is 0 Å². The first-order valence-electron chi connectivity index (χ1n) is 26.2. The molecular formula is C53H102O6. The number of hydrogen-bond donors (Lipinski definition) is 0. The van der Waals surface area contributed by atoms with Crippen molar-refractivity contribution in [2.75, 3.05) is 13.2 Å². The lowest BCUT2D eigenvalue weighted by atomic mass is 10.0. The molecule has 0 N–H and O–H groups in total. The number of hydrogen-bond acceptors (Lipinski definition) is 6. The van der Waals surface area contributed by atoms with Gasteiger partial charge >= 0.3 is 17.9 Å². The molecule has 1 atom stereocenters. The third kappa shape index (κ3) is 47.3. The van der Waals surface area contributed by atoms with Crippen molar-refractivity contribution in [3.05, 3.63) is 0 Å². The Kier molecular flexibility index (Phi) is 44.7. The van der Waals surface area contributed by atoms with Gasteiger partial charge in [-0.1, -0.05) is 253 Å². The van der Waals surface area contributed by atoms with Gasteiger partial charge in [-0.15, -0.1) is 0 Å². The molecule has 0 aliphatic rings. The largest absolute Gasteiger partial charge is 0.462 e. The van der Waals surface area contributed by atoms with Crippen LogP contribution in [0.4, 0.5) is 0 Å². The standard InChI is InChI=1S/C53H102O6/c1-6-7-8-9-10-11-20-25-28-35-40-45-53(56)59-50(47-58-52(55)44-39-34-30-29-32-37-42-49(4)5)46-57-51(54)43-38-33-27-24-22-19-17-15-13-12-14-16-18-21-23-26-31-36-41-48(2)3/h48-50H,6-47H2,1-5H3/t50-/m1/s1. The first-order valence-corrected chi connectivity index (χ1v) is 26.2. The molecule has 0 aliphatic heterocycles. The second-order valence-corrected chi connectivity index (χ2v) is 19.1. The summed E-state index contributed by atoms with van der Waals surface area (Å²) in [6.45, 7) is 11.3. The van der Waals surface area contributed by atoms with E-state index in [-0.39, 0.29) is 31.1 Å². The molecule has 350 valence electrons. The van der Waals surface area contributed by atoms with E-state index in [2.05, 4.69) is 34.6 Å². The second-order valence-electron chi connectivity index (χ2n) is 19.1. The predicted octanol–water partition coefficient (Wildman–Crippen LogP) is 16.9. The molecule has 0 rings (SSSR count). The number of rotatable bonds is 47. The molecule has 0 spiro atoms. The van der Waals surface area contributed by atoms with E-state index < -0.39 is 6.10 Å². The Bertz CT molecular complexity index is 900. The van der Waals surface area contributed by atoms with Gasteiger partial charge in [-0.2, -0.15) is 0 Å². The quantitative estimate of drug-likeness (QED) is 0.0345. The van der Waals surface area contributed by atoms with E-state index >= 15 is 0 Å². The minimum absolute atomic E-state index is 0.0643. The molecule has 0 saturated carbocycles. The fourth-order valence-electron chi connectivity index (χ4n) is 7.99. The van der Waals surface area contributed by atoms with Crippen LogP contribution in [0.15, 0.2) is 0 Å². The molecule has 0 radical (unpaired) electrons. The molecule has 0 saturated heterocycles. The Balaban J connectivity index is 4.16. The minimum atomic E-state index is -0.761. The van der Waals surface area contributed by atoms with Crippen molar-refractivity contribution in [1.29, 1.82) is 0 Å². The molecule has 6 nitrogen and oxygen atoms in total. The summed E-state index contributed by atoms with van der Waals surface area (Å²) in [7, 11) is 0. The molecule has 59 heavy (non-hydrogen) atoms. The lowest BCUT2D eigenvalue weighted by molar-refractivity contribution is -0.167. The van der Waals surface area contributed by atoms with Crippen molar-refractivity contribution in [1.82, 2.24) is 0 Å². The number of carbonyl (C=O) groups excluding carboxylic acids is 3. The highest BCUT2D eigenvalue weighted by Crippen LogP contribution is 2.17. The summed E-state index contributed by atoms with van der Waals surface area (Å²) in [4.78, 5) is 37.8. The Labute approximate surface area is 368 Å². The van der Waals surface area contributed by atoms with Gasteiger partial charge in [0.25, 0.3) is 0 Å². The zero-order valence-electron chi connectivity index (χ0n) is 40.4. The average molecular weight is 835 g/mol. The molecule has 0 bridgehead atoms. The average Bonchev–Trinajstić information content (AvgIpc) is 3.20. The summed E-state index contributed by atoms with van der Waals surface area (Å²) >= 11 is 0. The van der Waals surface area contributed by atoms with Crippen molar-refractivity contribution in [2.24, 2.45) is 11.8 Å². The highest BCUT2D eigenvalue weighted by atomic mass is 16.6. The van der Waals surface area contributed by atoms with Crippen molar-refractivity contribution in [3.8, 4) is 0 Å². The Hall–Kier alpha value is -1.59. The Morgan fingerprint density at radius 1 is 0.322 bits per heavy atom. The topological polar surface area (TPSA) is 78.9 Å². The maximum atomic E-state index is 12.7. The summed E-state index contributed by atoms with van der Waals surface area (Å²) in [5.74, 6) is 0.769. The zero-order chi connectivity index (χ0) is 43.3. The van der Waals surface area contributed by atoms with Crippen molar-refractivity contribution >= 4 is 17.9 Å². The number of unbranched alkanes of at least 4 members (excludes halogenated alkanes) is 32. The normalized spacial score (nSPS) is 12.1. The third-order valence-corrected chi connectivity index (χ3v) is 12.0. The zero-order valence-corrected chi connectivity index (χ0v) is 40.4. The first-order chi connectivity index (χ1) is 28.7. The van der Waals surface area contributed by atoms with Crippen LogP contribution in [0.5, 0.6) is 0 Å². The van der Waals surface area contributed by atoms with Gasteiger partial charge in [-0.3, -0.25) is 14.4 Å². The van der Waals surface area contributed by atoms with E-state index in [1.54, 1.807) is 0 Å². The fourth-order valence-corrected chi connectivity index (χ4v) is 7.99. The van der Waals surface area contributed by atoms with Crippen LogP contribution in [0.3, 0.4) is 0 Å². The van der Waals surface area contributed by atoms with Crippen LogP contribution >= 0.6 is 0 Å². The van der Waals surface area contributed by atoms with Crippen LogP contribution in [0.2, 0.25) is 0 Å². The van der Waals surface area contributed by atoms with Crippen LogP contribution in [-0.2, 0) is 28.6 Å². The van der Waals surface area contributed by atoms with Crippen LogP contribution in [0, 0.1) is 11.8 Å². The van der Waals surface area contributed by atoms with E-state index in [9.17, 15) is 14.4 Å². The van der Waals surface area contributed by atoms with E-state index in [4.69, 9.17) is 14.2 Å². The lowest BCUT2D eigenvalue weighted by Crippen LogP contribution is -2.30. The van der Waals surface area contributed by atoms with E-state index in [0.717, 1.165) is 69.6 Å². The SMILES string of the molecule is CCCCCCCCCCCCCC(=O)O[C@H](COC(=O)CCCCCCCCCCCCCCCCCCCCC(C)C)COC(=O)CCCCCCCCC(C)C. The molecule has 6 heteroatoms. The van der Waals surface area contributed by atoms with Gasteiger partial charge in [0.15, 0.2) is 6.10 Å². The predicted molar refractivity (Wildman–Crippen MR) is 252 cm³/mol. The van der Waals surface area contributed by atoms with Gasteiger partial charge in [0.05, 0.1) is 0 Å². The molecule has 0 aromatic heterocycles. The maximum Gasteiger partial charge on any atom is 0.306 e. The number of carbonyl (C=O) groups is 3. The molecule has 0 heterocycles. The van der Waals surface area contributed by atoms with E-state index in [0.29, 0.717) is 19.3 Å². The Morgan fingerprint density at radius 2 is 0.559 bits per heavy atom. The van der Waals surface area contributed by atoms with E-state index in [1.165, 1.54) is 180 Å². The van der Waals surface area contributed by atoms with Crippen molar-refractivity contribution < 1.29 is 28.6 Å². The lowest BCUT2D eigenvalue weighted by Gasteiger charge is -2.18. The van der Waals surface area contributed by atoms with Gasteiger partial charge in [-0.25, -0.2) is 0 Å². The molecule has 0 amide bonds. The number of esters is 3. The number of ether oxygens (including phenoxy) is 3. The van der Waals surface area contributed by atoms with Crippen LogP contribution in [-0.4, -0.2) is 37.2 Å². The van der Waals surface area contributed by atoms with Crippen LogP contribution in [0.25, 0.3) is 0 Å².